The molecule has 1 aromatic rings. The zero-order valence-electron chi connectivity index (χ0n) is 11.8. The molecule has 0 unspecified atom stereocenters. The van der Waals surface area contributed by atoms with Crippen LogP contribution in [0.25, 0.3) is 0 Å². The molecule has 0 radical (unpaired) electrons. The fourth-order valence-electron chi connectivity index (χ4n) is 2.54. The van der Waals surface area contributed by atoms with E-state index in [2.05, 4.69) is 6.92 Å². The zero-order valence-corrected chi connectivity index (χ0v) is 12.6. The van der Waals surface area contributed by atoms with Crippen molar-refractivity contribution in [3.05, 3.63) is 29.8 Å². The first-order valence-corrected chi connectivity index (χ1v) is 8.53. The molecular weight excluding hydrogens is 276 g/mol. The van der Waals surface area contributed by atoms with Crippen LogP contribution in [0.1, 0.15) is 30.1 Å². The quantitative estimate of drug-likeness (QED) is 0.900. The summed E-state index contributed by atoms with van der Waals surface area (Å²) in [6.45, 7) is 3.20. The second-order valence-electron chi connectivity index (χ2n) is 5.57. The largest absolute Gasteiger partial charge is 0.335 e. The van der Waals surface area contributed by atoms with Crippen molar-refractivity contribution in [2.45, 2.75) is 30.2 Å². The Morgan fingerprint density at radius 2 is 1.85 bits per heavy atom. The van der Waals surface area contributed by atoms with Gasteiger partial charge in [0.05, 0.1) is 10.4 Å². The maximum Gasteiger partial charge on any atom is 0.253 e. The Balaban J connectivity index is 2.05. The number of carbonyl (C=O) groups excluding carboxylic acids is 1. The van der Waals surface area contributed by atoms with Crippen molar-refractivity contribution in [1.82, 2.24) is 4.90 Å². The molecule has 2 rings (SSSR count). The third-order valence-electron chi connectivity index (χ3n) is 3.58. The molecular formula is C14H20N2O3S. The Hall–Kier alpha value is -1.40. The van der Waals surface area contributed by atoms with Gasteiger partial charge in [-0.25, -0.2) is 8.42 Å². The maximum atomic E-state index is 12.2. The van der Waals surface area contributed by atoms with Gasteiger partial charge in [0.2, 0.25) is 0 Å². The van der Waals surface area contributed by atoms with E-state index in [-0.39, 0.29) is 16.3 Å². The van der Waals surface area contributed by atoms with Gasteiger partial charge in [-0.3, -0.25) is 4.79 Å². The lowest BCUT2D eigenvalue weighted by atomic mass is 9.86. The van der Waals surface area contributed by atoms with E-state index in [1.54, 1.807) is 17.0 Å². The van der Waals surface area contributed by atoms with Crippen molar-refractivity contribution >= 4 is 15.7 Å². The van der Waals surface area contributed by atoms with Crippen molar-refractivity contribution in [3.8, 4) is 0 Å². The molecule has 1 aliphatic rings. The Morgan fingerprint density at radius 3 is 2.30 bits per heavy atom. The summed E-state index contributed by atoms with van der Waals surface area (Å²) >= 11 is 0. The van der Waals surface area contributed by atoms with Gasteiger partial charge in [-0.1, -0.05) is 13.3 Å². The van der Waals surface area contributed by atoms with Crippen molar-refractivity contribution in [1.29, 1.82) is 0 Å². The molecule has 5 nitrogen and oxygen atoms in total. The van der Waals surface area contributed by atoms with Gasteiger partial charge in [-0.15, -0.1) is 0 Å². The van der Waals surface area contributed by atoms with Gasteiger partial charge in [0.25, 0.3) is 5.91 Å². The molecule has 0 atom stereocenters. The van der Waals surface area contributed by atoms with Gasteiger partial charge in [-0.2, -0.15) is 0 Å². The summed E-state index contributed by atoms with van der Waals surface area (Å²) in [7, 11) is -3.23. The van der Waals surface area contributed by atoms with Crippen LogP contribution in [-0.2, 0) is 9.84 Å². The van der Waals surface area contributed by atoms with E-state index in [4.69, 9.17) is 5.73 Å². The second-order valence-corrected chi connectivity index (χ2v) is 7.59. The van der Waals surface area contributed by atoms with Crippen LogP contribution in [0, 0.1) is 0 Å². The number of hydrogen-bond donors (Lipinski definition) is 1. The molecule has 1 aromatic carbocycles. The molecule has 20 heavy (non-hydrogen) atoms. The van der Waals surface area contributed by atoms with Crippen molar-refractivity contribution in [2.24, 2.45) is 5.73 Å². The van der Waals surface area contributed by atoms with E-state index in [0.717, 1.165) is 19.1 Å². The number of hydrogen-bond acceptors (Lipinski definition) is 4. The summed E-state index contributed by atoms with van der Waals surface area (Å²) in [6, 6.07) is 6.03. The topological polar surface area (TPSA) is 80.5 Å². The predicted molar refractivity (Wildman–Crippen MR) is 77.3 cm³/mol. The van der Waals surface area contributed by atoms with E-state index in [1.165, 1.54) is 12.1 Å². The molecule has 0 bridgehead atoms. The van der Waals surface area contributed by atoms with E-state index in [1.807, 2.05) is 0 Å². The van der Waals surface area contributed by atoms with Crippen molar-refractivity contribution in [2.75, 3.05) is 19.3 Å². The van der Waals surface area contributed by atoms with Gasteiger partial charge in [-0.05, 0) is 30.7 Å². The standard InChI is InChI=1S/C14H20N2O3S/c1-3-8-14(15)9-16(10-14)13(17)11-4-6-12(7-5-11)20(2,18)19/h4-7H,3,8-10,15H2,1-2H3. The highest BCUT2D eigenvalue weighted by Crippen LogP contribution is 2.25. The lowest BCUT2D eigenvalue weighted by Crippen LogP contribution is -2.68. The Morgan fingerprint density at radius 1 is 1.30 bits per heavy atom. The minimum absolute atomic E-state index is 0.0952. The zero-order chi connectivity index (χ0) is 15.0. The summed E-state index contributed by atoms with van der Waals surface area (Å²) in [5.41, 5.74) is 6.37. The van der Waals surface area contributed by atoms with Gasteiger partial charge in [0, 0.05) is 24.9 Å². The van der Waals surface area contributed by atoms with Crippen LogP contribution in [0.3, 0.4) is 0 Å². The summed E-state index contributed by atoms with van der Waals surface area (Å²) in [5.74, 6) is -0.0952. The fourth-order valence-corrected chi connectivity index (χ4v) is 3.17. The number of rotatable bonds is 4. The highest BCUT2D eigenvalue weighted by atomic mass is 32.2. The van der Waals surface area contributed by atoms with E-state index < -0.39 is 9.84 Å². The monoisotopic (exact) mass is 296 g/mol. The number of benzene rings is 1. The molecule has 1 aliphatic heterocycles. The third-order valence-corrected chi connectivity index (χ3v) is 4.70. The van der Waals surface area contributed by atoms with Crippen LogP contribution in [-0.4, -0.2) is 44.1 Å². The molecule has 6 heteroatoms. The molecule has 110 valence electrons. The Bertz CT molecular complexity index is 602. The molecule has 0 spiro atoms. The summed E-state index contributed by atoms with van der Waals surface area (Å²) in [4.78, 5) is 14.1. The molecule has 1 amide bonds. The lowest BCUT2D eigenvalue weighted by Gasteiger charge is -2.47. The van der Waals surface area contributed by atoms with Crippen LogP contribution < -0.4 is 5.73 Å². The molecule has 1 fully saturated rings. The molecule has 1 saturated heterocycles. The molecule has 0 aromatic heterocycles. The molecule has 2 N–H and O–H groups in total. The highest BCUT2D eigenvalue weighted by Gasteiger charge is 2.41. The first kappa shape index (κ1) is 15.0. The van der Waals surface area contributed by atoms with Gasteiger partial charge >= 0.3 is 0 Å². The molecule has 0 aliphatic carbocycles. The predicted octanol–water partition coefficient (Wildman–Crippen LogP) is 1.04. The van der Waals surface area contributed by atoms with Crippen LogP contribution >= 0.6 is 0 Å². The maximum absolute atomic E-state index is 12.2. The van der Waals surface area contributed by atoms with E-state index in [0.29, 0.717) is 18.7 Å². The van der Waals surface area contributed by atoms with Crippen LogP contribution in [0.5, 0.6) is 0 Å². The SMILES string of the molecule is CCCC1(N)CN(C(=O)c2ccc(S(C)(=O)=O)cc2)C1. The van der Waals surface area contributed by atoms with Gasteiger partial charge < -0.3 is 10.6 Å². The van der Waals surface area contributed by atoms with Crippen LogP contribution in [0.2, 0.25) is 0 Å². The molecule has 1 heterocycles. The fraction of sp³-hybridized carbons (Fsp3) is 0.500. The van der Waals surface area contributed by atoms with Crippen LogP contribution in [0.15, 0.2) is 29.2 Å². The third kappa shape index (κ3) is 3.02. The van der Waals surface area contributed by atoms with Crippen molar-refractivity contribution < 1.29 is 13.2 Å². The summed E-state index contributed by atoms with van der Waals surface area (Å²) in [6.07, 6.45) is 3.05. The molecule has 0 saturated carbocycles. The van der Waals surface area contributed by atoms with Crippen LogP contribution in [0.4, 0.5) is 0 Å². The highest BCUT2D eigenvalue weighted by molar-refractivity contribution is 7.90. The number of nitrogens with two attached hydrogens (primary N) is 1. The minimum atomic E-state index is -3.23. The normalized spacial score (nSPS) is 17.6. The number of amides is 1. The van der Waals surface area contributed by atoms with E-state index in [9.17, 15) is 13.2 Å². The average molecular weight is 296 g/mol. The number of nitrogens with zero attached hydrogens (tertiary/aromatic N) is 1. The van der Waals surface area contributed by atoms with Gasteiger partial charge in [0.15, 0.2) is 9.84 Å². The number of carbonyl (C=O) groups is 1. The summed E-state index contributed by atoms with van der Waals surface area (Å²) < 4.78 is 22.7. The minimum Gasteiger partial charge on any atom is -0.335 e. The second kappa shape index (κ2) is 5.18. The number of likely N-dealkylation sites (tertiary alicyclic amines) is 1. The first-order chi connectivity index (χ1) is 9.25. The lowest BCUT2D eigenvalue weighted by molar-refractivity contribution is 0.0386. The smallest absolute Gasteiger partial charge is 0.253 e. The van der Waals surface area contributed by atoms with E-state index >= 15 is 0 Å². The number of sulfone groups is 1. The van der Waals surface area contributed by atoms with Gasteiger partial charge in [0.1, 0.15) is 0 Å². The Kier molecular flexibility index (Phi) is 3.88. The van der Waals surface area contributed by atoms with Crippen molar-refractivity contribution in [3.63, 3.8) is 0 Å². The summed E-state index contributed by atoms with van der Waals surface area (Å²) in [5, 5.41) is 0. The average Bonchev–Trinajstić information content (AvgIpc) is 2.34. The Labute approximate surface area is 119 Å². The first-order valence-electron chi connectivity index (χ1n) is 6.63.